The molecule has 1 saturated heterocycles. The minimum Gasteiger partial charge on any atom is -0.507 e. The molecule has 1 aliphatic heterocycles. The number of para-hydroxylation sites is 1. The number of methoxy groups -OCH3 is 2. The SMILES string of the molecule is COCCn1c(C)cc(O)c(C(c2ccccc2OC)N2CCN(c3ccc(F)cc3)CC2)c1=O. The highest BCUT2D eigenvalue weighted by molar-refractivity contribution is 5.48. The molecule has 0 saturated carbocycles. The topological polar surface area (TPSA) is 67.2 Å². The summed E-state index contributed by atoms with van der Waals surface area (Å²) >= 11 is 0. The Balaban J connectivity index is 1.74. The first-order chi connectivity index (χ1) is 16.9. The van der Waals surface area contributed by atoms with Crippen LogP contribution in [0.1, 0.15) is 22.9 Å². The molecule has 0 aliphatic carbocycles. The van der Waals surface area contributed by atoms with Gasteiger partial charge in [0, 0.05) is 56.8 Å². The fourth-order valence-electron chi connectivity index (χ4n) is 4.80. The Bertz CT molecular complexity index is 1200. The molecule has 35 heavy (non-hydrogen) atoms. The summed E-state index contributed by atoms with van der Waals surface area (Å²) in [6.45, 7) is 5.27. The molecule has 4 rings (SSSR count). The summed E-state index contributed by atoms with van der Waals surface area (Å²) in [5.74, 6) is 0.363. The Kier molecular flexibility index (Phi) is 7.73. The second kappa shape index (κ2) is 10.9. The number of aromatic nitrogens is 1. The Hall–Kier alpha value is -3.36. The second-order valence-electron chi connectivity index (χ2n) is 8.68. The van der Waals surface area contributed by atoms with E-state index in [0.29, 0.717) is 56.3 Å². The molecule has 2 aromatic carbocycles. The van der Waals surface area contributed by atoms with Crippen LogP contribution in [0.3, 0.4) is 0 Å². The molecule has 1 aromatic heterocycles. The number of anilines is 1. The lowest BCUT2D eigenvalue weighted by molar-refractivity contribution is 0.183. The van der Waals surface area contributed by atoms with Gasteiger partial charge in [-0.1, -0.05) is 18.2 Å². The van der Waals surface area contributed by atoms with Crippen LogP contribution in [0.4, 0.5) is 10.1 Å². The third kappa shape index (κ3) is 5.18. The molecular weight excluding hydrogens is 449 g/mol. The highest BCUT2D eigenvalue weighted by Gasteiger charge is 2.33. The standard InChI is InChI=1S/C27H32FN3O4/c1-19-18-23(32)25(27(33)31(19)16-17-34-2)26(22-6-4-5-7-24(22)35-3)30-14-12-29(13-15-30)21-10-8-20(28)9-11-21/h4-11,18,26,32H,12-17H2,1-3H3. The van der Waals surface area contributed by atoms with Crippen LogP contribution in [0.5, 0.6) is 11.5 Å². The van der Waals surface area contributed by atoms with Crippen LogP contribution in [0.2, 0.25) is 0 Å². The van der Waals surface area contributed by atoms with Crippen molar-refractivity contribution in [3.8, 4) is 11.5 Å². The van der Waals surface area contributed by atoms with Crippen molar-refractivity contribution in [2.75, 3.05) is 51.9 Å². The lowest BCUT2D eigenvalue weighted by atomic mass is 9.95. The molecule has 1 unspecified atom stereocenters. The predicted octanol–water partition coefficient (Wildman–Crippen LogP) is 3.57. The molecular formula is C27H32FN3O4. The molecule has 1 aliphatic rings. The van der Waals surface area contributed by atoms with Crippen LogP contribution in [0, 0.1) is 12.7 Å². The van der Waals surface area contributed by atoms with Crippen molar-refractivity contribution >= 4 is 5.69 Å². The fraction of sp³-hybridized carbons (Fsp3) is 0.370. The number of pyridine rings is 1. The number of benzene rings is 2. The Morgan fingerprint density at radius 1 is 1.03 bits per heavy atom. The van der Waals surface area contributed by atoms with Crippen molar-refractivity contribution in [3.05, 3.63) is 87.6 Å². The van der Waals surface area contributed by atoms with Gasteiger partial charge < -0.3 is 24.0 Å². The molecule has 0 spiro atoms. The minimum atomic E-state index is -0.497. The van der Waals surface area contributed by atoms with Crippen molar-refractivity contribution in [2.24, 2.45) is 0 Å². The lowest BCUT2D eigenvalue weighted by Gasteiger charge is -2.40. The summed E-state index contributed by atoms with van der Waals surface area (Å²) in [7, 11) is 3.20. The zero-order valence-electron chi connectivity index (χ0n) is 20.4. The summed E-state index contributed by atoms with van der Waals surface area (Å²) in [5.41, 5.74) is 2.54. The van der Waals surface area contributed by atoms with Gasteiger partial charge >= 0.3 is 0 Å². The Morgan fingerprint density at radius 2 is 1.71 bits per heavy atom. The van der Waals surface area contributed by atoms with E-state index in [1.54, 1.807) is 43.9 Å². The van der Waals surface area contributed by atoms with Crippen molar-refractivity contribution in [2.45, 2.75) is 19.5 Å². The lowest BCUT2D eigenvalue weighted by Crippen LogP contribution is -2.49. The summed E-state index contributed by atoms with van der Waals surface area (Å²) in [5, 5.41) is 11.0. The summed E-state index contributed by atoms with van der Waals surface area (Å²) in [4.78, 5) is 18.1. The second-order valence-corrected chi connectivity index (χ2v) is 8.68. The molecule has 2 heterocycles. The molecule has 0 radical (unpaired) electrons. The molecule has 1 fully saturated rings. The average molecular weight is 482 g/mol. The number of aryl methyl sites for hydroxylation is 1. The number of nitrogens with zero attached hydrogens (tertiary/aromatic N) is 3. The molecule has 1 atom stereocenters. The predicted molar refractivity (Wildman–Crippen MR) is 134 cm³/mol. The summed E-state index contributed by atoms with van der Waals surface area (Å²) in [6.07, 6.45) is 0. The van der Waals surface area contributed by atoms with E-state index in [-0.39, 0.29) is 17.1 Å². The van der Waals surface area contributed by atoms with E-state index in [9.17, 15) is 14.3 Å². The number of hydrogen-bond acceptors (Lipinski definition) is 6. The normalized spacial score (nSPS) is 15.3. The van der Waals surface area contributed by atoms with Crippen LogP contribution in [0.15, 0.2) is 59.4 Å². The maximum absolute atomic E-state index is 13.7. The number of ether oxygens (including phenoxy) is 2. The van der Waals surface area contributed by atoms with Crippen molar-refractivity contribution in [1.82, 2.24) is 9.47 Å². The smallest absolute Gasteiger partial charge is 0.259 e. The minimum absolute atomic E-state index is 0.0296. The third-order valence-electron chi connectivity index (χ3n) is 6.62. The van der Waals surface area contributed by atoms with Crippen molar-refractivity contribution in [1.29, 1.82) is 0 Å². The van der Waals surface area contributed by atoms with Gasteiger partial charge in [0.25, 0.3) is 5.56 Å². The zero-order valence-corrected chi connectivity index (χ0v) is 20.4. The Labute approximate surface area is 204 Å². The maximum Gasteiger partial charge on any atom is 0.259 e. The van der Waals surface area contributed by atoms with Gasteiger partial charge in [-0.2, -0.15) is 0 Å². The van der Waals surface area contributed by atoms with Gasteiger partial charge in [0.05, 0.1) is 25.3 Å². The van der Waals surface area contributed by atoms with E-state index in [0.717, 1.165) is 11.3 Å². The van der Waals surface area contributed by atoms with Gasteiger partial charge in [-0.3, -0.25) is 9.69 Å². The van der Waals surface area contributed by atoms with E-state index >= 15 is 0 Å². The summed E-state index contributed by atoms with van der Waals surface area (Å²) < 4.78 is 25.9. The van der Waals surface area contributed by atoms with Crippen LogP contribution in [0.25, 0.3) is 0 Å². The number of aromatic hydroxyl groups is 1. The number of hydrogen-bond donors (Lipinski definition) is 1. The quantitative estimate of drug-likeness (QED) is 0.531. The zero-order chi connectivity index (χ0) is 24.9. The molecule has 1 N–H and O–H groups in total. The van der Waals surface area contributed by atoms with Crippen LogP contribution >= 0.6 is 0 Å². The Morgan fingerprint density at radius 3 is 2.37 bits per heavy atom. The van der Waals surface area contributed by atoms with E-state index < -0.39 is 6.04 Å². The average Bonchev–Trinajstić information content (AvgIpc) is 2.87. The van der Waals surface area contributed by atoms with Gasteiger partial charge in [0.1, 0.15) is 17.3 Å². The molecule has 3 aromatic rings. The van der Waals surface area contributed by atoms with Crippen LogP contribution in [-0.2, 0) is 11.3 Å². The monoisotopic (exact) mass is 481 g/mol. The van der Waals surface area contributed by atoms with Gasteiger partial charge in [-0.25, -0.2) is 4.39 Å². The summed E-state index contributed by atoms with van der Waals surface area (Å²) in [6, 6.07) is 15.2. The van der Waals surface area contributed by atoms with Crippen molar-refractivity contribution in [3.63, 3.8) is 0 Å². The third-order valence-corrected chi connectivity index (χ3v) is 6.62. The molecule has 7 nitrogen and oxygen atoms in total. The van der Waals surface area contributed by atoms with Gasteiger partial charge in [-0.05, 0) is 43.3 Å². The largest absolute Gasteiger partial charge is 0.507 e. The van der Waals surface area contributed by atoms with E-state index in [1.807, 2.05) is 24.3 Å². The first-order valence-electron chi connectivity index (χ1n) is 11.7. The first-order valence-corrected chi connectivity index (χ1v) is 11.7. The van der Waals surface area contributed by atoms with E-state index in [1.165, 1.54) is 12.1 Å². The van der Waals surface area contributed by atoms with E-state index in [2.05, 4.69) is 9.80 Å². The van der Waals surface area contributed by atoms with Crippen LogP contribution in [-0.4, -0.2) is 61.6 Å². The number of piperazine rings is 1. The molecule has 8 heteroatoms. The highest BCUT2D eigenvalue weighted by Crippen LogP contribution is 2.38. The maximum atomic E-state index is 13.7. The van der Waals surface area contributed by atoms with Crippen molar-refractivity contribution < 1.29 is 19.0 Å². The highest BCUT2D eigenvalue weighted by atomic mass is 19.1. The van der Waals surface area contributed by atoms with Gasteiger partial charge in [-0.15, -0.1) is 0 Å². The van der Waals surface area contributed by atoms with Gasteiger partial charge in [0.15, 0.2) is 0 Å². The molecule has 0 amide bonds. The van der Waals surface area contributed by atoms with E-state index in [4.69, 9.17) is 9.47 Å². The number of rotatable bonds is 8. The van der Waals surface area contributed by atoms with Crippen LogP contribution < -0.4 is 15.2 Å². The first kappa shape index (κ1) is 24.8. The fourth-order valence-corrected chi connectivity index (χ4v) is 4.80. The molecule has 186 valence electrons. The molecule has 0 bridgehead atoms. The number of halogens is 1. The van der Waals surface area contributed by atoms with Gasteiger partial charge in [0.2, 0.25) is 0 Å².